The van der Waals surface area contributed by atoms with Gasteiger partial charge in [0, 0.05) is 30.7 Å². The number of ether oxygens (including phenoxy) is 2. The number of hydrogen-bond acceptors (Lipinski definition) is 5. The Morgan fingerprint density at radius 3 is 2.76 bits per heavy atom. The Bertz CT molecular complexity index is 1310. The van der Waals surface area contributed by atoms with Gasteiger partial charge in [0.15, 0.2) is 23.4 Å². The maximum Gasteiger partial charge on any atom is 0.416 e. The fraction of sp³-hybridized carbons (Fsp3) is 0.536. The minimum absolute atomic E-state index is 0.0491. The molecule has 2 heterocycles. The van der Waals surface area contributed by atoms with E-state index < -0.39 is 39.5 Å². The minimum Gasteiger partial charge on any atom is -0.632 e. The van der Waals surface area contributed by atoms with Crippen molar-refractivity contribution < 1.29 is 37.2 Å². The van der Waals surface area contributed by atoms with Gasteiger partial charge in [-0.1, -0.05) is 18.2 Å². The second-order valence-corrected chi connectivity index (χ2v) is 11.5. The maximum absolute atomic E-state index is 14.6. The number of phenolic OH excluding ortho intramolecular Hbond substituents is 1. The van der Waals surface area contributed by atoms with Crippen LogP contribution in [-0.4, -0.2) is 46.4 Å². The Kier molecular flexibility index (Phi) is 4.75. The monoisotopic (exact) mass is 515 g/mol. The molecule has 2 saturated carbocycles. The number of rotatable bonds is 5. The molecule has 1 saturated heterocycles. The van der Waals surface area contributed by atoms with E-state index in [0.717, 1.165) is 36.1 Å². The van der Waals surface area contributed by atoms with Crippen LogP contribution >= 0.6 is 0 Å². The molecule has 2 bridgehead atoms. The zero-order chi connectivity index (χ0) is 25.8. The Balaban J connectivity index is 1.37. The van der Waals surface area contributed by atoms with Crippen molar-refractivity contribution in [3.05, 3.63) is 63.9 Å². The van der Waals surface area contributed by atoms with E-state index in [9.17, 15) is 28.3 Å². The van der Waals surface area contributed by atoms with E-state index >= 15 is 0 Å². The summed E-state index contributed by atoms with van der Waals surface area (Å²) >= 11 is 0. The van der Waals surface area contributed by atoms with Crippen molar-refractivity contribution in [2.45, 2.75) is 74.5 Å². The molecule has 9 heteroatoms. The van der Waals surface area contributed by atoms with Gasteiger partial charge in [0.2, 0.25) is 0 Å². The lowest BCUT2D eigenvalue weighted by Crippen LogP contribution is -2.81. The number of likely N-dealkylation sites (tertiary alicyclic amines) is 1. The van der Waals surface area contributed by atoms with Gasteiger partial charge < -0.3 is 24.4 Å². The number of benzene rings is 2. The molecule has 5 atom stereocenters. The molecule has 2 aromatic rings. The standard InChI is InChI=1S/C28H28F3NO5/c29-28(30,31)19-3-1-2-17(12-19)15-36-27-9-8-21(34)25-26(27)10-11-32(35,14-16-4-5-16)22(27)13-18-6-7-20(33)24(37-25)23(18)26/h1-3,6-7,12,16,22,25,33H,4-5,8-11,13-15H2/t22-,25+,26+,27?,32?/m1/s1. The Morgan fingerprint density at radius 2 is 2.00 bits per heavy atom. The molecule has 0 radical (unpaired) electrons. The van der Waals surface area contributed by atoms with Gasteiger partial charge in [-0.05, 0) is 48.6 Å². The number of Topliss-reactive ketones (excluding diaryl/α,β-unsaturated/α-hetero) is 1. The molecule has 37 heavy (non-hydrogen) atoms. The topological polar surface area (TPSA) is 78.8 Å². The van der Waals surface area contributed by atoms with Gasteiger partial charge in [0.25, 0.3) is 0 Å². The number of carbonyl (C=O) groups is 1. The molecule has 0 amide bonds. The first-order valence-electron chi connectivity index (χ1n) is 13.0. The first kappa shape index (κ1) is 23.5. The number of halogens is 3. The van der Waals surface area contributed by atoms with Crippen LogP contribution in [0.3, 0.4) is 0 Å². The quantitative estimate of drug-likeness (QED) is 0.458. The van der Waals surface area contributed by atoms with E-state index in [2.05, 4.69) is 0 Å². The van der Waals surface area contributed by atoms with Crippen LogP contribution in [-0.2, 0) is 34.2 Å². The zero-order valence-corrected chi connectivity index (χ0v) is 20.2. The zero-order valence-electron chi connectivity index (χ0n) is 20.2. The van der Waals surface area contributed by atoms with E-state index in [1.165, 1.54) is 6.07 Å². The number of ketones is 1. The largest absolute Gasteiger partial charge is 0.632 e. The van der Waals surface area contributed by atoms with Crippen LogP contribution in [0.5, 0.6) is 11.5 Å². The third-order valence-corrected chi connectivity index (χ3v) is 9.56. The fourth-order valence-electron chi connectivity index (χ4n) is 7.85. The first-order chi connectivity index (χ1) is 17.6. The number of aromatic hydroxyl groups is 1. The SMILES string of the molecule is O=C1CCC2(OCc3cccc(C(F)(F)F)c3)[C@H]3Cc4ccc(O)c5c4[C@@]2(CC[N+]3([O-])CC2CC2)[C@H]1O5. The van der Waals surface area contributed by atoms with Gasteiger partial charge in [-0.2, -0.15) is 13.2 Å². The Hall–Kier alpha value is -2.62. The van der Waals surface area contributed by atoms with Crippen molar-refractivity contribution >= 4 is 5.78 Å². The van der Waals surface area contributed by atoms with Gasteiger partial charge >= 0.3 is 6.18 Å². The summed E-state index contributed by atoms with van der Waals surface area (Å²) in [6, 6.07) is 7.91. The van der Waals surface area contributed by atoms with Crippen molar-refractivity contribution in [1.82, 2.24) is 0 Å². The summed E-state index contributed by atoms with van der Waals surface area (Å²) in [7, 11) is 0. The van der Waals surface area contributed by atoms with Crippen LogP contribution in [0, 0.1) is 11.1 Å². The average Bonchev–Trinajstić information content (AvgIpc) is 3.59. The van der Waals surface area contributed by atoms with Crippen molar-refractivity contribution in [1.29, 1.82) is 0 Å². The third kappa shape index (κ3) is 3.14. The number of alkyl halides is 3. The predicted octanol–water partition coefficient (Wildman–Crippen LogP) is 4.78. The highest BCUT2D eigenvalue weighted by Gasteiger charge is 2.77. The summed E-state index contributed by atoms with van der Waals surface area (Å²) in [4.78, 5) is 13.3. The van der Waals surface area contributed by atoms with E-state index in [4.69, 9.17) is 9.47 Å². The molecule has 0 aromatic heterocycles. The molecule has 3 aliphatic carbocycles. The molecule has 2 aliphatic heterocycles. The Labute approximate surface area is 212 Å². The molecule has 6 nitrogen and oxygen atoms in total. The summed E-state index contributed by atoms with van der Waals surface area (Å²) in [5, 5.41) is 25.3. The number of piperidine rings is 1. The summed E-state index contributed by atoms with van der Waals surface area (Å²) in [5.41, 5.74) is -0.800. The molecule has 2 aromatic carbocycles. The lowest BCUT2D eigenvalue weighted by atomic mass is 9.48. The molecular formula is C28H28F3NO5. The van der Waals surface area contributed by atoms with Gasteiger partial charge in [-0.3, -0.25) is 4.79 Å². The van der Waals surface area contributed by atoms with E-state index in [1.54, 1.807) is 12.1 Å². The van der Waals surface area contributed by atoms with E-state index in [-0.39, 0.29) is 30.3 Å². The third-order valence-electron chi connectivity index (χ3n) is 9.56. The smallest absolute Gasteiger partial charge is 0.416 e. The first-order valence-corrected chi connectivity index (χ1v) is 13.0. The summed E-state index contributed by atoms with van der Waals surface area (Å²) in [6.07, 6.45) is -2.09. The number of carbonyl (C=O) groups excluding carboxylic acids is 1. The fourth-order valence-corrected chi connectivity index (χ4v) is 7.85. The lowest BCUT2D eigenvalue weighted by Gasteiger charge is -2.68. The second kappa shape index (κ2) is 7.48. The number of nitrogens with zero attached hydrogens (tertiary/aromatic N) is 1. The summed E-state index contributed by atoms with van der Waals surface area (Å²) in [6.45, 7) is 0.683. The molecule has 1 spiro atoms. The van der Waals surface area contributed by atoms with Crippen LogP contribution in [0.2, 0.25) is 0 Å². The van der Waals surface area contributed by atoms with Gasteiger partial charge in [-0.15, -0.1) is 0 Å². The number of phenols is 1. The number of hydrogen-bond donors (Lipinski definition) is 1. The van der Waals surface area contributed by atoms with Gasteiger partial charge in [0.05, 0.1) is 30.7 Å². The molecule has 196 valence electrons. The highest BCUT2D eigenvalue weighted by molar-refractivity contribution is 5.90. The molecule has 7 rings (SSSR count). The van der Waals surface area contributed by atoms with Crippen LogP contribution in [0.25, 0.3) is 0 Å². The number of hydroxylamine groups is 3. The van der Waals surface area contributed by atoms with Crippen LogP contribution in [0.4, 0.5) is 13.2 Å². The van der Waals surface area contributed by atoms with Crippen LogP contribution < -0.4 is 4.74 Å². The summed E-state index contributed by atoms with van der Waals surface area (Å²) in [5.74, 6) is 0.515. The lowest BCUT2D eigenvalue weighted by molar-refractivity contribution is -0.924. The second-order valence-electron chi connectivity index (χ2n) is 11.5. The number of quaternary nitrogens is 1. The minimum atomic E-state index is -4.48. The Morgan fingerprint density at radius 1 is 1.19 bits per heavy atom. The molecular weight excluding hydrogens is 487 g/mol. The molecule has 3 fully saturated rings. The van der Waals surface area contributed by atoms with Crippen molar-refractivity contribution in [3.63, 3.8) is 0 Å². The average molecular weight is 516 g/mol. The van der Waals surface area contributed by atoms with Crippen LogP contribution in [0.15, 0.2) is 36.4 Å². The highest BCUT2D eigenvalue weighted by Crippen LogP contribution is 2.67. The molecule has 1 N–H and O–H groups in total. The predicted molar refractivity (Wildman–Crippen MR) is 126 cm³/mol. The van der Waals surface area contributed by atoms with Gasteiger partial charge in [-0.25, -0.2) is 0 Å². The highest BCUT2D eigenvalue weighted by atomic mass is 19.4. The van der Waals surface area contributed by atoms with Gasteiger partial charge in [0.1, 0.15) is 11.6 Å². The van der Waals surface area contributed by atoms with E-state index in [1.807, 2.05) is 6.07 Å². The van der Waals surface area contributed by atoms with Crippen molar-refractivity contribution in [2.75, 3.05) is 13.1 Å². The van der Waals surface area contributed by atoms with Crippen LogP contribution in [0.1, 0.15) is 54.4 Å². The molecule has 5 aliphatic rings. The molecule has 2 unspecified atom stereocenters. The van der Waals surface area contributed by atoms with Crippen molar-refractivity contribution in [2.24, 2.45) is 5.92 Å². The van der Waals surface area contributed by atoms with E-state index in [0.29, 0.717) is 43.8 Å². The summed E-state index contributed by atoms with van der Waals surface area (Å²) < 4.78 is 52.7. The maximum atomic E-state index is 14.6. The van der Waals surface area contributed by atoms with Crippen molar-refractivity contribution in [3.8, 4) is 11.5 Å². The normalized spacial score (nSPS) is 35.7.